The summed E-state index contributed by atoms with van der Waals surface area (Å²) in [6.45, 7) is 17.3. The molecule has 0 saturated carbocycles. The fourth-order valence-electron chi connectivity index (χ4n) is 9.10. The first-order valence-corrected chi connectivity index (χ1v) is 29.9. The zero-order valence-corrected chi connectivity index (χ0v) is 52.4. The minimum absolute atomic E-state index is 0.194. The van der Waals surface area contributed by atoms with E-state index in [0.717, 1.165) is 34.6 Å². The molecule has 29 heteroatoms. The molecular weight excluding hydrogens is 1210 g/mol. The lowest BCUT2D eigenvalue weighted by Gasteiger charge is -2.03. The summed E-state index contributed by atoms with van der Waals surface area (Å²) in [6.07, 6.45) is 17.3. The number of ether oxygens (including phenoxy) is 3. The van der Waals surface area contributed by atoms with Crippen molar-refractivity contribution in [2.24, 2.45) is 0 Å². The molecule has 6 N–H and O–H groups in total. The number of anilines is 3. The predicted molar refractivity (Wildman–Crippen MR) is 346 cm³/mol. The van der Waals surface area contributed by atoms with Gasteiger partial charge in [-0.3, -0.25) is 63.1 Å². The van der Waals surface area contributed by atoms with Gasteiger partial charge in [-0.1, -0.05) is 18.2 Å². The van der Waals surface area contributed by atoms with Crippen molar-refractivity contribution >= 4 is 41.3 Å². The number of hydrogen-bond donors (Lipinski definition) is 6. The van der Waals surface area contributed by atoms with E-state index >= 15 is 0 Å². The standard InChI is InChI=1S/C22H24N6O3.2C21H22N6O3.CH2O2/c1-3-27-14-16(13-24-27)19-8-9-20(31-19)22(29)25-18-15-28(11-12-30-4-2)26-21(18)17-7-5-6-10-23-17;2*1-3-29-11-10-27-13-17(20(26-27)16-6-4-5-9-22-16)24-21(28)19-8-7-18(30-19)15-12-23-25-14(15)2;2-1-3/h5-10,13-15H,3-4,11-12H2,1-2H3,(H,25,29);2*4-9,12-13H,3,10-11H2,1-2H3,(H,23,25)(H,24,28);1H,(H,2,3). The molecule has 486 valence electrons. The summed E-state index contributed by atoms with van der Waals surface area (Å²) in [4.78, 5) is 59.9. The maximum absolute atomic E-state index is 12.9. The highest BCUT2D eigenvalue weighted by atomic mass is 16.5. The number of nitrogens with one attached hydrogen (secondary N) is 5. The van der Waals surface area contributed by atoms with Gasteiger partial charge < -0.3 is 48.5 Å². The van der Waals surface area contributed by atoms with Crippen LogP contribution in [0.25, 0.3) is 68.1 Å². The number of carbonyl (C=O) groups is 4. The van der Waals surface area contributed by atoms with E-state index < -0.39 is 0 Å². The van der Waals surface area contributed by atoms with Crippen molar-refractivity contribution in [3.05, 3.63) is 182 Å². The predicted octanol–water partition coefficient (Wildman–Crippen LogP) is 10.5. The largest absolute Gasteiger partial charge is 0.483 e. The highest BCUT2D eigenvalue weighted by Gasteiger charge is 2.23. The third-order valence-corrected chi connectivity index (χ3v) is 13.7. The molecule has 12 rings (SSSR count). The van der Waals surface area contributed by atoms with Gasteiger partial charge >= 0.3 is 0 Å². The number of amides is 3. The number of aryl methyl sites for hydroxylation is 3. The Kier molecular flexibility index (Phi) is 23.7. The zero-order valence-electron chi connectivity index (χ0n) is 52.4. The van der Waals surface area contributed by atoms with Crippen LogP contribution in [0.4, 0.5) is 17.1 Å². The number of carbonyl (C=O) groups excluding carboxylic acids is 3. The van der Waals surface area contributed by atoms with Crippen LogP contribution in [0.5, 0.6) is 0 Å². The summed E-state index contributed by atoms with van der Waals surface area (Å²) >= 11 is 0. The number of H-pyrrole nitrogens is 2. The molecule has 0 bridgehead atoms. The SMILES string of the molecule is CCOCCn1cc(NC(=O)c2ccc(-c3cn[nH]c3C)o2)c(-c2ccccn2)n1.CCOCCn1cc(NC(=O)c2ccc(-c3cn[nH]c3C)o2)c(-c2ccccn2)n1.CCOCCn1cc(NC(=O)c2ccc(-c3cnn(CC)c3)o2)c(-c2ccccn2)n1.O=CO. The summed E-state index contributed by atoms with van der Waals surface area (Å²) in [7, 11) is 0. The van der Waals surface area contributed by atoms with Crippen molar-refractivity contribution in [2.75, 3.05) is 55.6 Å². The van der Waals surface area contributed by atoms with Crippen molar-refractivity contribution in [3.63, 3.8) is 0 Å². The van der Waals surface area contributed by atoms with Gasteiger partial charge in [0.1, 0.15) is 34.4 Å². The Morgan fingerprint density at radius 3 is 1.17 bits per heavy atom. The first-order valence-electron chi connectivity index (χ1n) is 29.9. The fraction of sp³-hybridized carbons (Fsp3) is 0.246. The maximum Gasteiger partial charge on any atom is 0.291 e. The second-order valence-corrected chi connectivity index (χ2v) is 20.1. The van der Waals surface area contributed by atoms with Crippen LogP contribution in [0.15, 0.2) is 166 Å². The number of rotatable bonds is 25. The number of hydrogen-bond acceptors (Lipinski definition) is 19. The monoisotopic (exact) mass is 1280 g/mol. The normalized spacial score (nSPS) is 10.8. The average molecular weight is 1280 g/mol. The van der Waals surface area contributed by atoms with E-state index in [9.17, 15) is 14.4 Å². The Morgan fingerprint density at radius 1 is 0.500 bits per heavy atom. The molecule has 0 unspecified atom stereocenters. The molecule has 12 heterocycles. The van der Waals surface area contributed by atoms with Crippen molar-refractivity contribution in [1.29, 1.82) is 0 Å². The zero-order chi connectivity index (χ0) is 66.2. The molecule has 0 aliphatic rings. The van der Waals surface area contributed by atoms with E-state index in [1.807, 2.05) is 102 Å². The van der Waals surface area contributed by atoms with E-state index in [1.54, 1.807) is 111 Å². The van der Waals surface area contributed by atoms with E-state index in [4.69, 9.17) is 37.4 Å². The van der Waals surface area contributed by atoms with Crippen molar-refractivity contribution in [3.8, 4) is 68.1 Å². The molecule has 0 atom stereocenters. The average Bonchev–Trinajstić information content (AvgIpc) is 1.79. The van der Waals surface area contributed by atoms with Crippen LogP contribution in [0.1, 0.15) is 70.7 Å². The molecule has 29 nitrogen and oxygen atoms in total. The number of furan rings is 3. The van der Waals surface area contributed by atoms with Crippen molar-refractivity contribution in [2.45, 2.75) is 67.7 Å². The maximum atomic E-state index is 12.9. The van der Waals surface area contributed by atoms with Gasteiger partial charge in [-0.2, -0.15) is 30.6 Å². The third kappa shape index (κ3) is 17.6. The van der Waals surface area contributed by atoms with E-state index in [2.05, 4.69) is 71.7 Å². The molecule has 0 saturated heterocycles. The summed E-state index contributed by atoms with van der Waals surface area (Å²) < 4.78 is 40.5. The molecule has 3 amide bonds. The van der Waals surface area contributed by atoms with Gasteiger partial charge in [-0.25, -0.2) is 0 Å². The van der Waals surface area contributed by atoms with Gasteiger partial charge in [-0.05, 0) is 114 Å². The quantitative estimate of drug-likeness (QED) is 0.0229. The molecule has 0 spiro atoms. The second-order valence-electron chi connectivity index (χ2n) is 20.1. The molecule has 0 aliphatic carbocycles. The summed E-state index contributed by atoms with van der Waals surface area (Å²) in [5.74, 6) is 1.21. The van der Waals surface area contributed by atoms with Gasteiger partial charge in [0, 0.05) is 81.1 Å². The van der Waals surface area contributed by atoms with Crippen LogP contribution >= 0.6 is 0 Å². The smallest absolute Gasteiger partial charge is 0.291 e. The van der Waals surface area contributed by atoms with Gasteiger partial charge in [-0.15, -0.1) is 0 Å². The summed E-state index contributed by atoms with van der Waals surface area (Å²) in [6, 6.07) is 26.8. The minimum atomic E-state index is -0.371. The Morgan fingerprint density at radius 2 is 0.862 bits per heavy atom. The van der Waals surface area contributed by atoms with Crippen LogP contribution in [-0.2, 0) is 45.2 Å². The molecule has 12 aromatic rings. The Balaban J connectivity index is 0.000000162. The minimum Gasteiger partial charge on any atom is -0.483 e. The topological polar surface area (TPSA) is 359 Å². The number of carboxylic acid groups (broad SMARTS) is 1. The first kappa shape index (κ1) is 66.7. The van der Waals surface area contributed by atoms with Crippen LogP contribution in [0, 0.1) is 13.8 Å². The highest BCUT2D eigenvalue weighted by molar-refractivity contribution is 6.06. The lowest BCUT2D eigenvalue weighted by atomic mass is 10.2. The van der Waals surface area contributed by atoms with Crippen LogP contribution in [0.3, 0.4) is 0 Å². The van der Waals surface area contributed by atoms with E-state index in [1.165, 1.54) is 0 Å². The Hall–Kier alpha value is -11.7. The molecule has 12 aromatic heterocycles. The fourth-order valence-corrected chi connectivity index (χ4v) is 9.10. The van der Waals surface area contributed by atoms with Crippen LogP contribution in [-0.4, -0.2) is 143 Å². The number of aromatic amines is 2. The van der Waals surface area contributed by atoms with Crippen LogP contribution < -0.4 is 16.0 Å². The van der Waals surface area contributed by atoms with Crippen molar-refractivity contribution < 1.29 is 51.7 Å². The molecule has 0 fully saturated rings. The molecular formula is C65H70N18O11. The lowest BCUT2D eigenvalue weighted by molar-refractivity contribution is -0.122. The van der Waals surface area contributed by atoms with Crippen LogP contribution in [0.2, 0.25) is 0 Å². The molecule has 0 aromatic carbocycles. The first-order chi connectivity index (χ1) is 45.9. The highest BCUT2D eigenvalue weighted by Crippen LogP contribution is 2.31. The summed E-state index contributed by atoms with van der Waals surface area (Å²) in [5.41, 5.74) is 9.56. The lowest BCUT2D eigenvalue weighted by Crippen LogP contribution is -2.11. The van der Waals surface area contributed by atoms with Gasteiger partial charge in [0.15, 0.2) is 17.3 Å². The third-order valence-electron chi connectivity index (χ3n) is 13.7. The molecule has 0 aliphatic heterocycles. The van der Waals surface area contributed by atoms with Gasteiger partial charge in [0.25, 0.3) is 24.2 Å². The Labute approximate surface area is 538 Å². The van der Waals surface area contributed by atoms with Crippen molar-refractivity contribution in [1.82, 2.24) is 74.5 Å². The number of aromatic nitrogens is 15. The molecule has 0 radical (unpaired) electrons. The van der Waals surface area contributed by atoms with E-state index in [-0.39, 0.29) is 41.5 Å². The van der Waals surface area contributed by atoms with Gasteiger partial charge in [0.2, 0.25) is 0 Å². The second kappa shape index (κ2) is 33.4. The van der Waals surface area contributed by atoms with Gasteiger partial charge in [0.05, 0.1) is 109 Å². The summed E-state index contributed by atoms with van der Waals surface area (Å²) in [5, 5.41) is 47.2. The number of pyridine rings is 3. The number of nitrogens with zero attached hydrogens (tertiary/aromatic N) is 13. The Bertz CT molecular complexity index is 4140. The molecule has 94 heavy (non-hydrogen) atoms. The van der Waals surface area contributed by atoms with E-state index in [0.29, 0.717) is 128 Å².